The average molecular weight is 475 g/mol. The monoisotopic (exact) mass is 476 g/mol. The van der Waals surface area contributed by atoms with Gasteiger partial charge in [0.2, 0.25) is 0 Å². The molecular formula is C22H36Si2Sn. The first-order valence-electron chi connectivity index (χ1n) is 9.62. The van der Waals surface area contributed by atoms with E-state index in [4.69, 9.17) is 0 Å². The molecule has 0 aliphatic heterocycles. The zero-order chi connectivity index (χ0) is 19.4. The second kappa shape index (κ2) is 12.0. The molecule has 3 heteroatoms. The second-order valence-electron chi connectivity index (χ2n) is 8.19. The van der Waals surface area contributed by atoms with Crippen LogP contribution in [-0.4, -0.2) is 34.5 Å². The van der Waals surface area contributed by atoms with E-state index in [1.165, 1.54) is 25.7 Å². The molecule has 0 atom stereocenters. The van der Waals surface area contributed by atoms with E-state index in [2.05, 4.69) is 91.8 Å². The molecule has 0 N–H and O–H groups in total. The molecule has 0 aliphatic rings. The van der Waals surface area contributed by atoms with E-state index in [1.807, 2.05) is 0 Å². The van der Waals surface area contributed by atoms with E-state index < -0.39 is 34.5 Å². The second-order valence-corrected chi connectivity index (χ2v) is 26.4. The Kier molecular flexibility index (Phi) is 11.7. The predicted molar refractivity (Wildman–Crippen MR) is 123 cm³/mol. The summed E-state index contributed by atoms with van der Waals surface area (Å²) in [5, 5.41) is 0. The van der Waals surface area contributed by atoms with Gasteiger partial charge in [-0.15, -0.1) is 0 Å². The zero-order valence-electron chi connectivity index (χ0n) is 17.7. The molecule has 0 amide bonds. The molecule has 25 heavy (non-hydrogen) atoms. The van der Waals surface area contributed by atoms with Gasteiger partial charge in [0, 0.05) is 0 Å². The summed E-state index contributed by atoms with van der Waals surface area (Å²) < 4.78 is 7.22. The van der Waals surface area contributed by atoms with Crippen molar-refractivity contribution in [3.63, 3.8) is 0 Å². The molecule has 0 heterocycles. The standard InChI is InChI=1S/2C10H15Si.2CH3.Sn/c2*1-5-7-8-9-10-11(3,4)6-2;;;/h2*5,7-8H2,1,3-4H3;2*1H3;. The van der Waals surface area contributed by atoms with Gasteiger partial charge < -0.3 is 0 Å². The van der Waals surface area contributed by atoms with Gasteiger partial charge >= 0.3 is 165 Å². The summed E-state index contributed by atoms with van der Waals surface area (Å²) >= 11 is -2.60. The number of hydrogen-bond acceptors (Lipinski definition) is 0. The Morgan fingerprint density at radius 1 is 0.640 bits per heavy atom. The van der Waals surface area contributed by atoms with Gasteiger partial charge in [-0.05, 0) is 0 Å². The number of rotatable bonds is 4. The van der Waals surface area contributed by atoms with Crippen LogP contribution in [0.1, 0.15) is 52.4 Å². The Balaban J connectivity index is 5.05. The predicted octanol–water partition coefficient (Wildman–Crippen LogP) is 5.74. The van der Waals surface area contributed by atoms with Crippen LogP contribution in [0.25, 0.3) is 0 Å². The van der Waals surface area contributed by atoms with Crippen molar-refractivity contribution in [1.82, 2.24) is 0 Å². The van der Waals surface area contributed by atoms with E-state index in [0.29, 0.717) is 0 Å². The summed E-state index contributed by atoms with van der Waals surface area (Å²) in [6.45, 7) is 13.4. The van der Waals surface area contributed by atoms with Gasteiger partial charge in [-0.3, -0.25) is 0 Å². The molecule has 0 aromatic carbocycles. The minimum absolute atomic E-state index is 1.01. The average Bonchev–Trinajstić information content (AvgIpc) is 2.53. The molecule has 136 valence electrons. The molecule has 0 saturated carbocycles. The van der Waals surface area contributed by atoms with E-state index in [-0.39, 0.29) is 0 Å². The van der Waals surface area contributed by atoms with Gasteiger partial charge in [-0.1, -0.05) is 0 Å². The summed E-state index contributed by atoms with van der Waals surface area (Å²) in [6.07, 6.45) is 6.83. The van der Waals surface area contributed by atoms with E-state index in [1.54, 1.807) is 0 Å². The molecule has 0 bridgehead atoms. The van der Waals surface area contributed by atoms with Crippen molar-refractivity contribution < 1.29 is 0 Å². The minimum atomic E-state index is -2.60. The third-order valence-electron chi connectivity index (χ3n) is 3.49. The topological polar surface area (TPSA) is 0 Å². The van der Waals surface area contributed by atoms with Crippen molar-refractivity contribution in [2.75, 3.05) is 0 Å². The summed E-state index contributed by atoms with van der Waals surface area (Å²) in [4.78, 5) is 4.64. The summed E-state index contributed by atoms with van der Waals surface area (Å²) in [6, 6.07) is 0. The summed E-state index contributed by atoms with van der Waals surface area (Å²) in [5.74, 6) is 6.68. The maximum absolute atomic E-state index is 3.61. The number of hydrogen-bond donors (Lipinski definition) is 0. The number of unbranched alkanes of at least 4 members (excludes halogenated alkanes) is 4. The van der Waals surface area contributed by atoms with E-state index in [9.17, 15) is 0 Å². The first kappa shape index (κ1) is 24.5. The molecule has 0 rings (SSSR count). The van der Waals surface area contributed by atoms with Crippen LogP contribution in [-0.2, 0) is 0 Å². The van der Waals surface area contributed by atoms with Gasteiger partial charge in [0.25, 0.3) is 0 Å². The molecule has 0 aromatic rings. The van der Waals surface area contributed by atoms with Crippen LogP contribution in [0.4, 0.5) is 0 Å². The Morgan fingerprint density at radius 3 is 1.32 bits per heavy atom. The van der Waals surface area contributed by atoms with Gasteiger partial charge in [0.15, 0.2) is 0 Å². The Labute approximate surface area is 164 Å². The fraction of sp³-hybridized carbons (Fsp3) is 0.636. The molecule has 0 radical (unpaired) electrons. The Morgan fingerprint density at radius 2 is 1.00 bits per heavy atom. The van der Waals surface area contributed by atoms with Crippen molar-refractivity contribution in [2.24, 2.45) is 0 Å². The SMILES string of the molecule is CCCCC#C[Si](C)(C)C#[C][Sn]([CH3])([CH3])[C]#C[Si](C)(C)C#CCCCC. The zero-order valence-corrected chi connectivity index (χ0v) is 22.6. The van der Waals surface area contributed by atoms with E-state index >= 15 is 0 Å². The summed E-state index contributed by atoms with van der Waals surface area (Å²) in [7, 11) is -3.44. The van der Waals surface area contributed by atoms with Crippen LogP contribution >= 0.6 is 0 Å². The molecule has 0 nitrogen and oxygen atoms in total. The molecule has 0 aromatic heterocycles. The molecule has 0 unspecified atom stereocenters. The van der Waals surface area contributed by atoms with Gasteiger partial charge in [0.05, 0.1) is 0 Å². The Bertz CT molecular complexity index is 598. The van der Waals surface area contributed by atoms with E-state index in [0.717, 1.165) is 12.8 Å². The van der Waals surface area contributed by atoms with Crippen LogP contribution in [0.3, 0.4) is 0 Å². The van der Waals surface area contributed by atoms with Gasteiger partial charge in [-0.2, -0.15) is 0 Å². The van der Waals surface area contributed by atoms with Crippen molar-refractivity contribution >= 4 is 34.5 Å². The van der Waals surface area contributed by atoms with Crippen LogP contribution in [0, 0.1) is 41.9 Å². The molecule has 0 saturated heterocycles. The molecule has 0 spiro atoms. The van der Waals surface area contributed by atoms with Crippen LogP contribution in [0.2, 0.25) is 36.1 Å². The van der Waals surface area contributed by atoms with Crippen LogP contribution in [0.5, 0.6) is 0 Å². The molecular weight excluding hydrogens is 439 g/mol. The van der Waals surface area contributed by atoms with Crippen molar-refractivity contribution in [3.8, 4) is 41.9 Å². The quantitative estimate of drug-likeness (QED) is 0.276. The normalized spacial score (nSPS) is 10.9. The fourth-order valence-corrected chi connectivity index (χ4v) is 15.2. The van der Waals surface area contributed by atoms with Crippen LogP contribution in [0.15, 0.2) is 0 Å². The molecule has 0 aliphatic carbocycles. The maximum atomic E-state index is 3.61. The van der Waals surface area contributed by atoms with Gasteiger partial charge in [-0.25, -0.2) is 0 Å². The first-order chi connectivity index (χ1) is 11.5. The molecule has 0 fully saturated rings. The van der Waals surface area contributed by atoms with Crippen molar-refractivity contribution in [1.29, 1.82) is 0 Å². The third-order valence-corrected chi connectivity index (χ3v) is 12.3. The fourth-order valence-electron chi connectivity index (χ4n) is 1.82. The summed E-state index contributed by atoms with van der Waals surface area (Å²) in [5.41, 5.74) is 14.0. The first-order valence-corrected chi connectivity index (χ1v) is 24.2. The Hall–Kier alpha value is -0.528. The van der Waals surface area contributed by atoms with Crippen LogP contribution < -0.4 is 0 Å². The third kappa shape index (κ3) is 14.3. The van der Waals surface area contributed by atoms with Crippen molar-refractivity contribution in [3.05, 3.63) is 0 Å². The van der Waals surface area contributed by atoms with Crippen molar-refractivity contribution in [2.45, 2.75) is 88.4 Å². The van der Waals surface area contributed by atoms with Gasteiger partial charge in [0.1, 0.15) is 0 Å².